The van der Waals surface area contributed by atoms with Crippen LogP contribution in [0.1, 0.15) is 146 Å². The Balaban J connectivity index is 1.28. The van der Waals surface area contributed by atoms with Crippen molar-refractivity contribution in [3.8, 4) is 0 Å². The van der Waals surface area contributed by atoms with E-state index in [4.69, 9.17) is 4.74 Å². The van der Waals surface area contributed by atoms with Gasteiger partial charge in [0.15, 0.2) is 5.78 Å². The maximum atomic E-state index is 13.9. The number of rotatable bonds is 9. The van der Waals surface area contributed by atoms with Crippen molar-refractivity contribution in [1.82, 2.24) is 5.32 Å². The van der Waals surface area contributed by atoms with Crippen molar-refractivity contribution in [1.29, 1.82) is 0 Å². The number of nitrogens with one attached hydrogen (secondary N) is 1. The molecule has 0 spiro atoms. The number of ether oxygens (including phenoxy) is 1. The highest BCUT2D eigenvalue weighted by molar-refractivity contribution is 6.00. The fraction of sp³-hybridized carbons (Fsp3) is 0.878. The molecule has 5 fully saturated rings. The summed E-state index contributed by atoms with van der Waals surface area (Å²) in [5.41, 5.74) is 0.770. The number of ketones is 1. The van der Waals surface area contributed by atoms with Gasteiger partial charge in [-0.1, -0.05) is 60.5 Å². The summed E-state index contributed by atoms with van der Waals surface area (Å²) >= 11 is 0. The maximum Gasteiger partial charge on any atom is 0.309 e. The Labute approximate surface area is 289 Å². The molecular weight excluding hydrogens is 602 g/mol. The molecule has 6 aliphatic carbocycles. The molecule has 0 heterocycles. The molecule has 0 radical (unpaired) electrons. The van der Waals surface area contributed by atoms with Crippen molar-refractivity contribution in [2.45, 2.75) is 164 Å². The number of carboxylic acids is 1. The van der Waals surface area contributed by atoms with Gasteiger partial charge in [0.2, 0.25) is 0 Å². The molecule has 0 amide bonds. The summed E-state index contributed by atoms with van der Waals surface area (Å²) in [5, 5.41) is 25.2. The van der Waals surface area contributed by atoms with Gasteiger partial charge in [0.25, 0.3) is 0 Å². The molecule has 0 aromatic heterocycles. The van der Waals surface area contributed by atoms with E-state index in [0.29, 0.717) is 36.8 Å². The average molecular weight is 668 g/mol. The Morgan fingerprint density at radius 2 is 1.60 bits per heavy atom. The highest BCUT2D eigenvalue weighted by Gasteiger charge is 2.70. The first-order valence-corrected chi connectivity index (χ1v) is 19.4. The van der Waals surface area contributed by atoms with Crippen LogP contribution in [0.25, 0.3) is 0 Å². The van der Waals surface area contributed by atoms with Crippen molar-refractivity contribution < 1.29 is 29.3 Å². The number of aliphatic carboxylic acids is 1. The fourth-order valence-corrected chi connectivity index (χ4v) is 13.0. The molecule has 3 N–H and O–H groups in total. The second-order valence-corrected chi connectivity index (χ2v) is 19.6. The minimum absolute atomic E-state index is 0.0322. The molecule has 6 rings (SSSR count). The molecule has 48 heavy (non-hydrogen) atoms. The Morgan fingerprint density at radius 3 is 2.21 bits per heavy atom. The van der Waals surface area contributed by atoms with E-state index in [1.807, 2.05) is 0 Å². The summed E-state index contributed by atoms with van der Waals surface area (Å²) in [5.74, 6) is 0.251. The number of aliphatic hydroxyl groups excluding tert-OH is 1. The Kier molecular flexibility index (Phi) is 8.96. The van der Waals surface area contributed by atoms with Gasteiger partial charge in [-0.3, -0.25) is 14.4 Å². The summed E-state index contributed by atoms with van der Waals surface area (Å²) in [7, 11) is 0. The summed E-state index contributed by atoms with van der Waals surface area (Å²) in [6.07, 6.45) is 11.3. The zero-order valence-electron chi connectivity index (χ0n) is 31.5. The SMILES string of the molecule is CC(C)C1=C2[C@H]3CC[C@@H]4[C@@]5(C)CC[C@H](OC(=O)CC(C)(C)C(=O)O)C(C)(C)C5CC[C@@]4(C)[C@]3(C)CC[C@@]2([C@@H](O)CNC2CCC2)CC1=O. The summed E-state index contributed by atoms with van der Waals surface area (Å²) < 4.78 is 6.15. The molecule has 0 saturated heterocycles. The van der Waals surface area contributed by atoms with Crippen molar-refractivity contribution in [2.75, 3.05) is 6.54 Å². The number of allylic oxidation sites excluding steroid dienone is 1. The Morgan fingerprint density at radius 1 is 0.917 bits per heavy atom. The number of fused-ring (bicyclic) bond motifs is 7. The minimum Gasteiger partial charge on any atom is -0.481 e. The fourth-order valence-electron chi connectivity index (χ4n) is 13.0. The highest BCUT2D eigenvalue weighted by Crippen LogP contribution is 2.77. The highest BCUT2D eigenvalue weighted by atomic mass is 16.5. The number of carbonyl (C=O) groups excluding carboxylic acids is 2. The van der Waals surface area contributed by atoms with Crippen LogP contribution in [0, 0.1) is 56.2 Å². The molecule has 7 heteroatoms. The lowest BCUT2D eigenvalue weighted by Crippen LogP contribution is -2.66. The predicted molar refractivity (Wildman–Crippen MR) is 187 cm³/mol. The van der Waals surface area contributed by atoms with Gasteiger partial charge in [-0.2, -0.15) is 0 Å². The monoisotopic (exact) mass is 667 g/mol. The van der Waals surface area contributed by atoms with Crippen LogP contribution in [0.15, 0.2) is 11.1 Å². The van der Waals surface area contributed by atoms with Crippen LogP contribution < -0.4 is 5.32 Å². The van der Waals surface area contributed by atoms with Crippen LogP contribution in [-0.4, -0.2) is 52.7 Å². The first-order chi connectivity index (χ1) is 22.2. The van der Waals surface area contributed by atoms with Gasteiger partial charge in [-0.25, -0.2) is 0 Å². The van der Waals surface area contributed by atoms with Crippen LogP contribution in [0.3, 0.4) is 0 Å². The second-order valence-electron chi connectivity index (χ2n) is 19.6. The average Bonchev–Trinajstić information content (AvgIpc) is 3.27. The van der Waals surface area contributed by atoms with Gasteiger partial charge in [0.1, 0.15) is 6.10 Å². The van der Waals surface area contributed by atoms with Crippen LogP contribution in [0.4, 0.5) is 0 Å². The van der Waals surface area contributed by atoms with Gasteiger partial charge in [-0.05, 0) is 124 Å². The van der Waals surface area contributed by atoms with E-state index in [0.717, 1.165) is 56.9 Å². The minimum atomic E-state index is -1.15. The van der Waals surface area contributed by atoms with Gasteiger partial charge >= 0.3 is 11.9 Å². The molecule has 0 aromatic rings. The first-order valence-electron chi connectivity index (χ1n) is 19.4. The normalized spacial score (nSPS) is 41.5. The summed E-state index contributed by atoms with van der Waals surface area (Å²) in [4.78, 5) is 38.7. The molecule has 6 aliphatic rings. The number of esters is 1. The quantitative estimate of drug-likeness (QED) is 0.215. The van der Waals surface area contributed by atoms with Crippen molar-refractivity contribution in [2.24, 2.45) is 56.2 Å². The van der Waals surface area contributed by atoms with E-state index in [1.54, 1.807) is 13.8 Å². The van der Waals surface area contributed by atoms with Gasteiger partial charge in [0, 0.05) is 29.8 Å². The van der Waals surface area contributed by atoms with E-state index in [9.17, 15) is 24.6 Å². The number of Topliss-reactive ketones (excluding diaryl/α,β-unsaturated/α-hetero) is 1. The molecule has 5 saturated carbocycles. The second kappa shape index (κ2) is 11.9. The zero-order valence-corrected chi connectivity index (χ0v) is 31.5. The number of carboxylic acid groups (broad SMARTS) is 1. The van der Waals surface area contributed by atoms with Crippen LogP contribution >= 0.6 is 0 Å². The predicted octanol–water partition coefficient (Wildman–Crippen LogP) is 7.88. The van der Waals surface area contributed by atoms with E-state index in [1.165, 1.54) is 24.8 Å². The van der Waals surface area contributed by atoms with E-state index < -0.39 is 28.9 Å². The number of aliphatic hydroxyl groups is 1. The molecule has 1 unspecified atom stereocenters. The van der Waals surface area contributed by atoms with Gasteiger partial charge < -0.3 is 20.3 Å². The lowest BCUT2D eigenvalue weighted by molar-refractivity contribution is -0.235. The maximum absolute atomic E-state index is 13.9. The number of hydrogen-bond acceptors (Lipinski definition) is 6. The smallest absolute Gasteiger partial charge is 0.309 e. The largest absolute Gasteiger partial charge is 0.481 e. The lowest BCUT2D eigenvalue weighted by Gasteiger charge is -2.72. The summed E-state index contributed by atoms with van der Waals surface area (Å²) in [6.45, 7) is 20.3. The molecule has 7 nitrogen and oxygen atoms in total. The molecule has 270 valence electrons. The van der Waals surface area contributed by atoms with Crippen LogP contribution in [0.5, 0.6) is 0 Å². The summed E-state index contributed by atoms with van der Waals surface area (Å²) in [6, 6.07) is 0.503. The third-order valence-corrected chi connectivity index (χ3v) is 16.2. The number of hydrogen-bond donors (Lipinski definition) is 3. The topological polar surface area (TPSA) is 113 Å². The van der Waals surface area contributed by atoms with E-state index >= 15 is 0 Å². The van der Waals surface area contributed by atoms with Gasteiger partial charge in [0.05, 0.1) is 17.9 Å². The molecular formula is C41H65NO6. The first kappa shape index (κ1) is 36.1. The van der Waals surface area contributed by atoms with Crippen molar-refractivity contribution in [3.63, 3.8) is 0 Å². The Hall–Kier alpha value is -1.73. The molecule has 0 bridgehead atoms. The molecule has 0 aromatic carbocycles. The van der Waals surface area contributed by atoms with Gasteiger partial charge in [-0.15, -0.1) is 0 Å². The molecule has 0 aliphatic heterocycles. The van der Waals surface area contributed by atoms with Crippen LogP contribution in [-0.2, 0) is 19.1 Å². The third kappa shape index (κ3) is 5.20. The Bertz CT molecular complexity index is 1360. The lowest BCUT2D eigenvalue weighted by atomic mass is 9.33. The van der Waals surface area contributed by atoms with E-state index in [-0.39, 0.29) is 45.9 Å². The molecule has 9 atom stereocenters. The van der Waals surface area contributed by atoms with Crippen molar-refractivity contribution in [3.05, 3.63) is 11.1 Å². The standard InChI is InChI=1S/C41H65NO6/c1-24(2)33-27(43)21-41(30(44)23-42-25-11-10-12-25)20-19-39(8)26(34(33)41)13-14-29-38(7)17-16-31(48-32(45)22-36(3,4)35(46)47)37(5,6)28(38)15-18-40(29,39)9/h24-26,28-31,42,44H,10-23H2,1-9H3,(H,46,47)/t26-,28?,29-,30+,31+,38+,39-,40-,41+/m1/s1. The number of carbonyl (C=O) groups is 3. The third-order valence-electron chi connectivity index (χ3n) is 16.2. The zero-order chi connectivity index (χ0) is 35.2. The van der Waals surface area contributed by atoms with Crippen molar-refractivity contribution >= 4 is 17.7 Å². The van der Waals surface area contributed by atoms with Crippen LogP contribution in [0.2, 0.25) is 0 Å². The van der Waals surface area contributed by atoms with E-state index in [2.05, 4.69) is 53.8 Å².